The fraction of sp³-hybridized carbons (Fsp3) is 0.435. The normalized spacial score (nSPS) is 18.1. The highest BCUT2D eigenvalue weighted by Crippen LogP contribution is 2.42. The topological polar surface area (TPSA) is 52.2 Å². The lowest BCUT2D eigenvalue weighted by molar-refractivity contribution is 0.439. The fourth-order valence-electron chi connectivity index (χ4n) is 4.20. The van der Waals surface area contributed by atoms with Crippen molar-refractivity contribution < 1.29 is 0 Å². The van der Waals surface area contributed by atoms with Crippen LogP contribution in [0.4, 0.5) is 0 Å². The molecule has 2 heterocycles. The highest BCUT2D eigenvalue weighted by atomic mass is 32.2. The summed E-state index contributed by atoms with van der Waals surface area (Å²) in [6.07, 6.45) is 3.57. The van der Waals surface area contributed by atoms with Gasteiger partial charge in [-0.15, -0.1) is 11.7 Å². The summed E-state index contributed by atoms with van der Waals surface area (Å²) in [6.45, 7) is 13.2. The van der Waals surface area contributed by atoms with Crippen molar-refractivity contribution in [1.29, 1.82) is 0 Å². The highest BCUT2D eigenvalue weighted by molar-refractivity contribution is 7.99. The van der Waals surface area contributed by atoms with Crippen molar-refractivity contribution in [3.63, 3.8) is 0 Å². The zero-order valence-corrected chi connectivity index (χ0v) is 18.4. The van der Waals surface area contributed by atoms with E-state index in [0.29, 0.717) is 22.6 Å². The van der Waals surface area contributed by atoms with Crippen molar-refractivity contribution >= 4 is 17.5 Å². The van der Waals surface area contributed by atoms with E-state index in [9.17, 15) is 4.79 Å². The molecule has 4 rings (SSSR count). The van der Waals surface area contributed by atoms with Crippen molar-refractivity contribution in [2.45, 2.75) is 57.7 Å². The van der Waals surface area contributed by atoms with Crippen molar-refractivity contribution in [3.05, 3.63) is 58.4 Å². The van der Waals surface area contributed by atoms with E-state index in [2.05, 4.69) is 52.5 Å². The SMILES string of the molecule is C=CCSc1nn(CC(C)C)c2nc3c(c(=O)n12)C(C)(CC)Cc1ccccc1-3. The Hall–Kier alpha value is -2.34. The van der Waals surface area contributed by atoms with E-state index in [0.717, 1.165) is 36.2 Å². The summed E-state index contributed by atoms with van der Waals surface area (Å²) in [5.74, 6) is 1.73. The molecule has 29 heavy (non-hydrogen) atoms. The molecule has 1 unspecified atom stereocenters. The Morgan fingerprint density at radius 3 is 2.79 bits per heavy atom. The van der Waals surface area contributed by atoms with E-state index in [1.165, 1.54) is 17.3 Å². The summed E-state index contributed by atoms with van der Waals surface area (Å²) in [4.78, 5) is 18.9. The first-order valence-electron chi connectivity index (χ1n) is 10.3. The van der Waals surface area contributed by atoms with E-state index in [1.54, 1.807) is 4.40 Å². The van der Waals surface area contributed by atoms with Crippen molar-refractivity contribution in [2.24, 2.45) is 5.92 Å². The van der Waals surface area contributed by atoms with Crippen LogP contribution in [0.5, 0.6) is 0 Å². The van der Waals surface area contributed by atoms with Gasteiger partial charge >= 0.3 is 0 Å². The maximum absolute atomic E-state index is 13.9. The fourth-order valence-corrected chi connectivity index (χ4v) is 4.92. The van der Waals surface area contributed by atoms with Gasteiger partial charge in [0.25, 0.3) is 5.56 Å². The molecule has 0 N–H and O–H groups in total. The van der Waals surface area contributed by atoms with E-state index < -0.39 is 0 Å². The highest BCUT2D eigenvalue weighted by Gasteiger charge is 2.38. The standard InChI is InChI=1S/C23H28N4OS/c1-6-12-29-22-25-26(14-15(3)4)21-24-19-17-11-9-8-10-16(17)13-23(5,7-2)18(19)20(28)27(21)22/h6,8-11,15H,1,7,12-14H2,2-5H3. The van der Waals surface area contributed by atoms with Crippen LogP contribution in [0.3, 0.4) is 0 Å². The molecular formula is C23H28N4OS. The summed E-state index contributed by atoms with van der Waals surface area (Å²) in [5, 5.41) is 5.45. The molecule has 6 heteroatoms. The van der Waals surface area contributed by atoms with E-state index in [-0.39, 0.29) is 11.0 Å². The molecule has 5 nitrogen and oxygen atoms in total. The summed E-state index contributed by atoms with van der Waals surface area (Å²) in [5.41, 5.74) is 3.76. The zero-order valence-electron chi connectivity index (χ0n) is 17.6. The van der Waals surface area contributed by atoms with Crippen LogP contribution in [-0.2, 0) is 18.4 Å². The third kappa shape index (κ3) is 3.23. The molecule has 0 bridgehead atoms. The lowest BCUT2D eigenvalue weighted by Gasteiger charge is -2.35. The van der Waals surface area contributed by atoms with Gasteiger partial charge in [-0.3, -0.25) is 4.79 Å². The number of fused-ring (bicyclic) bond motifs is 4. The van der Waals surface area contributed by atoms with Gasteiger partial charge in [0.1, 0.15) is 0 Å². The van der Waals surface area contributed by atoms with Gasteiger partial charge in [0, 0.05) is 23.3 Å². The second-order valence-electron chi connectivity index (χ2n) is 8.48. The average Bonchev–Trinajstić information content (AvgIpc) is 3.03. The van der Waals surface area contributed by atoms with Gasteiger partial charge < -0.3 is 0 Å². The molecule has 0 spiro atoms. The minimum Gasteiger partial charge on any atom is -0.268 e. The monoisotopic (exact) mass is 408 g/mol. The van der Waals surface area contributed by atoms with E-state index in [1.807, 2.05) is 16.8 Å². The second-order valence-corrected chi connectivity index (χ2v) is 9.47. The Morgan fingerprint density at radius 2 is 2.10 bits per heavy atom. The molecule has 1 aliphatic rings. The third-order valence-corrected chi connectivity index (χ3v) is 6.72. The average molecular weight is 409 g/mol. The number of aromatic nitrogens is 4. The quantitative estimate of drug-likeness (QED) is 0.438. The Labute approximate surface area is 175 Å². The Kier molecular flexibility index (Phi) is 5.15. The van der Waals surface area contributed by atoms with E-state index in [4.69, 9.17) is 10.1 Å². The summed E-state index contributed by atoms with van der Waals surface area (Å²) in [6, 6.07) is 8.34. The van der Waals surface area contributed by atoms with Gasteiger partial charge in [0.05, 0.1) is 11.3 Å². The van der Waals surface area contributed by atoms with Crippen LogP contribution < -0.4 is 5.56 Å². The van der Waals surface area contributed by atoms with Gasteiger partial charge in [-0.05, 0) is 24.3 Å². The van der Waals surface area contributed by atoms with Crippen LogP contribution in [0, 0.1) is 5.92 Å². The molecule has 0 saturated heterocycles. The Bertz CT molecular complexity index is 1140. The summed E-state index contributed by atoms with van der Waals surface area (Å²) >= 11 is 1.53. The first-order chi connectivity index (χ1) is 13.9. The minimum atomic E-state index is -0.241. The smallest absolute Gasteiger partial charge is 0.265 e. The molecule has 1 aliphatic carbocycles. The lowest BCUT2D eigenvalue weighted by atomic mass is 9.69. The second kappa shape index (κ2) is 7.48. The number of hydrogen-bond acceptors (Lipinski definition) is 4. The largest absolute Gasteiger partial charge is 0.268 e. The molecule has 0 amide bonds. The first-order valence-corrected chi connectivity index (χ1v) is 11.2. The van der Waals surface area contributed by atoms with Crippen molar-refractivity contribution in [3.8, 4) is 11.3 Å². The predicted octanol–water partition coefficient (Wildman–Crippen LogP) is 4.72. The number of benzene rings is 1. The molecular weight excluding hydrogens is 380 g/mol. The summed E-state index contributed by atoms with van der Waals surface area (Å²) in [7, 11) is 0. The van der Waals surface area contributed by atoms with Crippen LogP contribution in [0.25, 0.3) is 17.0 Å². The Balaban J connectivity index is 2.08. The van der Waals surface area contributed by atoms with Crippen LogP contribution >= 0.6 is 11.8 Å². The molecule has 1 aromatic carbocycles. The third-order valence-electron chi connectivity index (χ3n) is 5.80. The molecule has 0 fully saturated rings. The van der Waals surface area contributed by atoms with Gasteiger partial charge in [-0.25, -0.2) is 14.1 Å². The molecule has 152 valence electrons. The van der Waals surface area contributed by atoms with Gasteiger partial charge in [-0.1, -0.05) is 69.8 Å². The van der Waals surface area contributed by atoms with Crippen molar-refractivity contribution in [1.82, 2.24) is 19.2 Å². The number of thioether (sulfide) groups is 1. The molecule has 2 aromatic heterocycles. The minimum absolute atomic E-state index is 0.0189. The molecule has 3 aromatic rings. The molecule has 0 radical (unpaired) electrons. The first kappa shape index (κ1) is 20.0. The Morgan fingerprint density at radius 1 is 1.34 bits per heavy atom. The maximum Gasteiger partial charge on any atom is 0.265 e. The maximum atomic E-state index is 13.9. The van der Waals surface area contributed by atoms with Gasteiger partial charge in [-0.2, -0.15) is 0 Å². The number of nitrogens with zero attached hydrogens (tertiary/aromatic N) is 4. The van der Waals surface area contributed by atoms with Crippen LogP contribution in [0.2, 0.25) is 0 Å². The molecule has 1 atom stereocenters. The van der Waals surface area contributed by atoms with Crippen molar-refractivity contribution in [2.75, 3.05) is 5.75 Å². The van der Waals surface area contributed by atoms with Crippen LogP contribution in [-0.4, -0.2) is 24.9 Å². The van der Waals surface area contributed by atoms with Crippen LogP contribution in [0.1, 0.15) is 45.2 Å². The van der Waals surface area contributed by atoms with Crippen LogP contribution in [0.15, 0.2) is 46.9 Å². The summed E-state index contributed by atoms with van der Waals surface area (Å²) < 4.78 is 3.61. The zero-order chi connectivity index (χ0) is 20.8. The predicted molar refractivity (Wildman–Crippen MR) is 120 cm³/mol. The number of rotatable bonds is 6. The van der Waals surface area contributed by atoms with E-state index >= 15 is 0 Å². The lowest BCUT2D eigenvalue weighted by Crippen LogP contribution is -2.38. The molecule has 0 aliphatic heterocycles. The van der Waals surface area contributed by atoms with Gasteiger partial charge in [0.15, 0.2) is 5.16 Å². The molecule has 0 saturated carbocycles. The number of hydrogen-bond donors (Lipinski definition) is 0. The van der Waals surface area contributed by atoms with Gasteiger partial charge in [0.2, 0.25) is 5.78 Å².